The van der Waals surface area contributed by atoms with Gasteiger partial charge in [-0.2, -0.15) is 10.4 Å². The number of aryl methyl sites for hydroxylation is 1. The fraction of sp³-hybridized carbons (Fsp3) is 0.320. The Hall–Kier alpha value is -3.26. The summed E-state index contributed by atoms with van der Waals surface area (Å²) in [6.07, 6.45) is 2.20. The Morgan fingerprint density at radius 3 is 2.56 bits per heavy atom. The van der Waals surface area contributed by atoms with Crippen LogP contribution < -0.4 is 21.1 Å². The first-order valence-electron chi connectivity index (χ1n) is 11.1. The van der Waals surface area contributed by atoms with Gasteiger partial charge in [0.2, 0.25) is 0 Å². The Kier molecular flexibility index (Phi) is 11.2. The van der Waals surface area contributed by atoms with Gasteiger partial charge in [-0.25, -0.2) is 4.68 Å². The number of nitrogens with one attached hydrogen (secondary N) is 2. The van der Waals surface area contributed by atoms with E-state index in [9.17, 15) is 5.26 Å². The van der Waals surface area contributed by atoms with Crippen molar-refractivity contribution in [2.45, 2.75) is 26.2 Å². The van der Waals surface area contributed by atoms with Crippen LogP contribution in [0.4, 0.5) is 5.82 Å². The largest absolute Gasteiger partial charge is 0.496 e. The molecular weight excluding hydrogens is 541 g/mol. The van der Waals surface area contributed by atoms with Gasteiger partial charge in [0.05, 0.1) is 18.5 Å². The fourth-order valence-electron chi connectivity index (χ4n) is 3.55. The molecule has 0 aliphatic rings. The molecule has 34 heavy (non-hydrogen) atoms. The number of aliphatic imine (C=N–C) groups is 1. The third-order valence-electron chi connectivity index (χ3n) is 5.17. The first kappa shape index (κ1) is 27.0. The molecule has 0 unspecified atom stereocenters. The number of guanidine groups is 1. The van der Waals surface area contributed by atoms with Crippen LogP contribution in [0.15, 0.2) is 59.6 Å². The van der Waals surface area contributed by atoms with Gasteiger partial charge in [-0.1, -0.05) is 36.4 Å². The van der Waals surface area contributed by atoms with Crippen molar-refractivity contribution in [3.8, 4) is 17.5 Å². The van der Waals surface area contributed by atoms with E-state index < -0.39 is 0 Å². The molecule has 180 valence electrons. The molecule has 0 saturated carbocycles. The van der Waals surface area contributed by atoms with Crippen LogP contribution in [-0.4, -0.2) is 42.5 Å². The molecule has 3 rings (SSSR count). The number of aromatic nitrogens is 2. The minimum atomic E-state index is 0. The summed E-state index contributed by atoms with van der Waals surface area (Å²) in [5.41, 5.74) is 9.31. The molecule has 0 spiro atoms. The lowest BCUT2D eigenvalue weighted by atomic mass is 10.1. The number of nitrogen functional groups attached to an aromatic ring is 1. The van der Waals surface area contributed by atoms with E-state index in [1.807, 2.05) is 55.5 Å². The van der Waals surface area contributed by atoms with Crippen molar-refractivity contribution < 1.29 is 4.74 Å². The van der Waals surface area contributed by atoms with Gasteiger partial charge in [0.1, 0.15) is 23.2 Å². The lowest BCUT2D eigenvalue weighted by molar-refractivity contribution is 0.409. The molecule has 0 radical (unpaired) electrons. The second kappa shape index (κ2) is 14.1. The van der Waals surface area contributed by atoms with Crippen molar-refractivity contribution in [3.05, 3.63) is 71.4 Å². The SMILES string of the molecule is CCNC(=NCCCc1nn(-c2ccccc2)c(N)c1C#N)NCCc1ccccc1OC.I. The summed E-state index contributed by atoms with van der Waals surface area (Å²) in [7, 11) is 1.69. The number of nitrogens with zero attached hydrogens (tertiary/aromatic N) is 4. The zero-order valence-corrected chi connectivity index (χ0v) is 22.0. The van der Waals surface area contributed by atoms with Gasteiger partial charge in [-0.15, -0.1) is 24.0 Å². The standard InChI is InChI=1S/C25H31N7O.HI/c1-3-28-25(30-17-15-19-10-7-8-14-23(19)33-2)29-16-9-13-22-21(18-26)24(27)32(31-22)20-11-5-4-6-12-20;/h4-8,10-12,14H,3,9,13,15-17,27H2,1-2H3,(H2,28,29,30);1H. The van der Waals surface area contributed by atoms with Crippen LogP contribution in [0.25, 0.3) is 5.69 Å². The van der Waals surface area contributed by atoms with E-state index in [0.29, 0.717) is 30.0 Å². The molecule has 9 heteroatoms. The summed E-state index contributed by atoms with van der Waals surface area (Å²) in [5.74, 6) is 2.03. The van der Waals surface area contributed by atoms with E-state index in [1.165, 1.54) is 0 Å². The summed E-state index contributed by atoms with van der Waals surface area (Å²) in [6, 6.07) is 19.8. The van der Waals surface area contributed by atoms with Crippen LogP contribution in [0.2, 0.25) is 0 Å². The van der Waals surface area contributed by atoms with Crippen LogP contribution in [0.3, 0.4) is 0 Å². The van der Waals surface area contributed by atoms with Crippen molar-refractivity contribution in [2.75, 3.05) is 32.5 Å². The number of anilines is 1. The lowest BCUT2D eigenvalue weighted by Gasteiger charge is -2.12. The van der Waals surface area contributed by atoms with E-state index in [0.717, 1.165) is 48.9 Å². The van der Waals surface area contributed by atoms with Crippen molar-refractivity contribution in [3.63, 3.8) is 0 Å². The van der Waals surface area contributed by atoms with E-state index in [2.05, 4.69) is 32.9 Å². The Balaban J connectivity index is 0.00000408. The Labute approximate surface area is 218 Å². The molecule has 4 N–H and O–H groups in total. The predicted octanol–water partition coefficient (Wildman–Crippen LogP) is 3.68. The zero-order valence-electron chi connectivity index (χ0n) is 19.6. The number of benzene rings is 2. The maximum atomic E-state index is 9.56. The van der Waals surface area contributed by atoms with Gasteiger partial charge in [0.15, 0.2) is 5.96 Å². The molecular formula is C25H32IN7O. The third-order valence-corrected chi connectivity index (χ3v) is 5.17. The number of methoxy groups -OCH3 is 1. The van der Waals surface area contributed by atoms with E-state index >= 15 is 0 Å². The summed E-state index contributed by atoms with van der Waals surface area (Å²) >= 11 is 0. The number of hydrogen-bond acceptors (Lipinski definition) is 5. The highest BCUT2D eigenvalue weighted by molar-refractivity contribution is 14.0. The number of nitriles is 1. The molecule has 1 aromatic heterocycles. The highest BCUT2D eigenvalue weighted by atomic mass is 127. The molecule has 0 fully saturated rings. The van der Waals surface area contributed by atoms with Crippen LogP contribution in [0.5, 0.6) is 5.75 Å². The van der Waals surface area contributed by atoms with E-state index in [4.69, 9.17) is 10.5 Å². The van der Waals surface area contributed by atoms with Crippen LogP contribution in [0, 0.1) is 11.3 Å². The average molecular weight is 573 g/mol. The van der Waals surface area contributed by atoms with E-state index in [-0.39, 0.29) is 24.0 Å². The molecule has 8 nitrogen and oxygen atoms in total. The fourth-order valence-corrected chi connectivity index (χ4v) is 3.55. The number of halogens is 1. The maximum Gasteiger partial charge on any atom is 0.191 e. The number of hydrogen-bond donors (Lipinski definition) is 3. The Morgan fingerprint density at radius 2 is 1.85 bits per heavy atom. The highest BCUT2D eigenvalue weighted by Gasteiger charge is 2.16. The molecule has 3 aromatic rings. The summed E-state index contributed by atoms with van der Waals surface area (Å²) in [6.45, 7) is 4.16. The zero-order chi connectivity index (χ0) is 23.5. The van der Waals surface area contributed by atoms with E-state index in [1.54, 1.807) is 11.8 Å². The van der Waals surface area contributed by atoms with Gasteiger partial charge in [-0.05, 0) is 49.9 Å². The van der Waals surface area contributed by atoms with Crippen molar-refractivity contribution >= 4 is 35.8 Å². The highest BCUT2D eigenvalue weighted by Crippen LogP contribution is 2.21. The van der Waals surface area contributed by atoms with Gasteiger partial charge in [0, 0.05) is 19.6 Å². The molecule has 0 atom stereocenters. The molecule has 0 bridgehead atoms. The minimum absolute atomic E-state index is 0. The van der Waals surface area contributed by atoms with Crippen molar-refractivity contribution in [1.29, 1.82) is 5.26 Å². The normalized spacial score (nSPS) is 10.8. The Bertz CT molecular complexity index is 1110. The Morgan fingerprint density at radius 1 is 1.12 bits per heavy atom. The topological polar surface area (TPSA) is 113 Å². The second-order valence-electron chi connectivity index (χ2n) is 7.42. The molecule has 0 aliphatic heterocycles. The van der Waals surface area contributed by atoms with Gasteiger partial charge in [-0.3, -0.25) is 4.99 Å². The predicted molar refractivity (Wildman–Crippen MR) is 147 cm³/mol. The maximum absolute atomic E-state index is 9.56. The molecule has 1 heterocycles. The van der Waals surface area contributed by atoms with Crippen LogP contribution in [0.1, 0.15) is 30.2 Å². The second-order valence-corrected chi connectivity index (χ2v) is 7.42. The number of rotatable bonds is 10. The monoisotopic (exact) mass is 573 g/mol. The minimum Gasteiger partial charge on any atom is -0.496 e. The van der Waals surface area contributed by atoms with Crippen molar-refractivity contribution in [2.24, 2.45) is 4.99 Å². The first-order chi connectivity index (χ1) is 16.2. The summed E-state index contributed by atoms with van der Waals surface area (Å²) < 4.78 is 7.04. The average Bonchev–Trinajstić information content (AvgIpc) is 3.17. The van der Waals surface area contributed by atoms with Crippen LogP contribution >= 0.6 is 24.0 Å². The number of ether oxygens (including phenoxy) is 1. The molecule has 0 amide bonds. The molecule has 0 saturated heterocycles. The van der Waals surface area contributed by atoms with Crippen LogP contribution in [-0.2, 0) is 12.8 Å². The summed E-state index contributed by atoms with van der Waals surface area (Å²) in [5, 5.41) is 20.8. The lowest BCUT2D eigenvalue weighted by Crippen LogP contribution is -2.38. The first-order valence-corrected chi connectivity index (χ1v) is 11.1. The smallest absolute Gasteiger partial charge is 0.191 e. The van der Waals surface area contributed by atoms with Gasteiger partial charge < -0.3 is 21.1 Å². The quantitative estimate of drug-likeness (QED) is 0.148. The van der Waals surface area contributed by atoms with Gasteiger partial charge in [0.25, 0.3) is 0 Å². The molecule has 2 aromatic carbocycles. The number of para-hydroxylation sites is 2. The number of nitrogens with two attached hydrogens (primary N) is 1. The van der Waals surface area contributed by atoms with Gasteiger partial charge >= 0.3 is 0 Å². The van der Waals surface area contributed by atoms with Crippen molar-refractivity contribution in [1.82, 2.24) is 20.4 Å². The summed E-state index contributed by atoms with van der Waals surface area (Å²) in [4.78, 5) is 4.66. The third kappa shape index (κ3) is 7.12. The molecule has 0 aliphatic carbocycles.